The minimum Gasteiger partial charge on any atom is -0.351 e. The molecule has 2 N–H and O–H groups in total. The normalized spacial score (nSPS) is 15.5. The van der Waals surface area contributed by atoms with Gasteiger partial charge in [-0.2, -0.15) is 16.9 Å². The third-order valence-electron chi connectivity index (χ3n) is 7.51. The SMILES string of the molecule is CN(C)Cc1cc(C#Cc2cc(-c3nn(CCCN4CCSCC4)c4c3CN(C(N)=O)CC4)ccc2Cl)ccc1Cl. The Morgan fingerprint density at radius 2 is 1.83 bits per heavy atom. The van der Waals surface area contributed by atoms with Gasteiger partial charge in [0.2, 0.25) is 0 Å². The molecule has 2 aliphatic rings. The summed E-state index contributed by atoms with van der Waals surface area (Å²) in [6.07, 6.45) is 1.77. The van der Waals surface area contributed by atoms with Crippen molar-refractivity contribution in [1.82, 2.24) is 24.5 Å². The molecule has 0 unspecified atom stereocenters. The Morgan fingerprint density at radius 3 is 2.59 bits per heavy atom. The summed E-state index contributed by atoms with van der Waals surface area (Å²) in [6.45, 7) is 6.01. The standard InChI is InChI=1S/C31H36Cl2N6OS/c1-36(2)20-25-18-22(5-8-28(25)33)4-6-23-19-24(7-9-27(23)32)30-26-21-38(31(34)40)13-10-29(26)39(35-30)12-3-11-37-14-16-41-17-15-37/h5,7-9,18-19H,3,10-17,20-21H2,1-2H3,(H2,34,40). The number of carbonyl (C=O) groups is 1. The van der Waals surface area contributed by atoms with E-state index in [4.69, 9.17) is 34.0 Å². The zero-order valence-electron chi connectivity index (χ0n) is 23.6. The number of benzene rings is 2. The van der Waals surface area contributed by atoms with Crippen molar-refractivity contribution in [2.75, 3.05) is 51.8 Å². The molecule has 0 saturated carbocycles. The summed E-state index contributed by atoms with van der Waals surface area (Å²) in [6, 6.07) is 11.3. The molecule has 1 aromatic heterocycles. The van der Waals surface area contributed by atoms with Gasteiger partial charge in [0.25, 0.3) is 0 Å². The van der Waals surface area contributed by atoms with Gasteiger partial charge in [0, 0.05) is 83.6 Å². The Labute approximate surface area is 256 Å². The number of carbonyl (C=O) groups excluding carboxylic acids is 1. The van der Waals surface area contributed by atoms with Crippen LogP contribution < -0.4 is 5.73 Å². The number of halogens is 2. The zero-order valence-corrected chi connectivity index (χ0v) is 26.0. The number of nitrogens with zero attached hydrogens (tertiary/aromatic N) is 5. The molecule has 1 saturated heterocycles. The third-order valence-corrected chi connectivity index (χ3v) is 9.15. The number of hydrogen-bond acceptors (Lipinski definition) is 5. The topological polar surface area (TPSA) is 70.6 Å². The minimum atomic E-state index is -0.406. The maximum atomic E-state index is 12.1. The van der Waals surface area contributed by atoms with E-state index >= 15 is 0 Å². The molecule has 1 fully saturated rings. The van der Waals surface area contributed by atoms with Crippen molar-refractivity contribution in [3.63, 3.8) is 0 Å². The average molecular weight is 612 g/mol. The molecule has 2 aromatic carbocycles. The second-order valence-corrected chi connectivity index (χ2v) is 12.8. The Hall–Kier alpha value is -2.67. The number of nitrogens with two attached hydrogens (primary N) is 1. The van der Waals surface area contributed by atoms with Gasteiger partial charge in [-0.3, -0.25) is 4.68 Å². The number of primary amides is 1. The number of rotatable bonds is 7. The first-order valence-corrected chi connectivity index (χ1v) is 15.9. The van der Waals surface area contributed by atoms with E-state index in [0.29, 0.717) is 18.1 Å². The van der Waals surface area contributed by atoms with E-state index in [1.807, 2.05) is 62.3 Å². The van der Waals surface area contributed by atoms with Gasteiger partial charge in [-0.25, -0.2) is 4.79 Å². The van der Waals surface area contributed by atoms with E-state index in [0.717, 1.165) is 84.1 Å². The minimum absolute atomic E-state index is 0.406. The van der Waals surface area contributed by atoms with Crippen molar-refractivity contribution in [3.05, 3.63) is 74.4 Å². The predicted octanol–water partition coefficient (Wildman–Crippen LogP) is 5.19. The molecule has 2 aliphatic heterocycles. The van der Waals surface area contributed by atoms with Gasteiger partial charge in [0.15, 0.2) is 0 Å². The fourth-order valence-corrected chi connectivity index (χ4v) is 6.71. The number of aromatic nitrogens is 2. The van der Waals surface area contributed by atoms with Crippen LogP contribution in [0.5, 0.6) is 0 Å². The molecular weight excluding hydrogens is 575 g/mol. The molecule has 7 nitrogen and oxygen atoms in total. The number of hydrogen-bond donors (Lipinski definition) is 1. The summed E-state index contributed by atoms with van der Waals surface area (Å²) in [4.78, 5) is 18.4. The summed E-state index contributed by atoms with van der Waals surface area (Å²) >= 11 is 15.0. The quantitative estimate of drug-likeness (QED) is 0.373. The largest absolute Gasteiger partial charge is 0.351 e. The van der Waals surface area contributed by atoms with Crippen LogP contribution in [-0.2, 0) is 26.1 Å². The number of aryl methyl sites for hydroxylation is 1. The van der Waals surface area contributed by atoms with Gasteiger partial charge >= 0.3 is 6.03 Å². The lowest BCUT2D eigenvalue weighted by Crippen LogP contribution is -2.39. The molecule has 0 bridgehead atoms. The number of amides is 2. The Balaban J connectivity index is 1.43. The Bertz CT molecular complexity index is 1470. The summed E-state index contributed by atoms with van der Waals surface area (Å²) in [7, 11) is 4.02. The van der Waals surface area contributed by atoms with E-state index in [-0.39, 0.29) is 0 Å². The monoisotopic (exact) mass is 610 g/mol. The van der Waals surface area contributed by atoms with E-state index in [1.165, 1.54) is 17.2 Å². The molecular formula is C31H36Cl2N6OS. The van der Waals surface area contributed by atoms with Gasteiger partial charge in [0.05, 0.1) is 17.3 Å². The first-order valence-electron chi connectivity index (χ1n) is 14.0. The van der Waals surface area contributed by atoms with Gasteiger partial charge in [-0.05, 0) is 63.0 Å². The summed E-state index contributed by atoms with van der Waals surface area (Å²) in [5.41, 5.74) is 12.3. The second kappa shape index (κ2) is 13.5. The van der Waals surface area contributed by atoms with Gasteiger partial charge in [0.1, 0.15) is 0 Å². The molecule has 0 aliphatic carbocycles. The van der Waals surface area contributed by atoms with Crippen LogP contribution in [-0.4, -0.2) is 82.3 Å². The third kappa shape index (κ3) is 7.40. The van der Waals surface area contributed by atoms with Crippen molar-refractivity contribution < 1.29 is 4.79 Å². The molecule has 3 heterocycles. The van der Waals surface area contributed by atoms with Crippen LogP contribution in [0.2, 0.25) is 10.0 Å². The van der Waals surface area contributed by atoms with Crippen LogP contribution in [0.1, 0.15) is 34.4 Å². The molecule has 3 aromatic rings. The molecule has 5 rings (SSSR count). The van der Waals surface area contributed by atoms with Crippen LogP contribution in [0.15, 0.2) is 36.4 Å². The van der Waals surface area contributed by atoms with Crippen molar-refractivity contribution in [2.24, 2.45) is 5.73 Å². The molecule has 10 heteroatoms. The molecule has 0 spiro atoms. The van der Waals surface area contributed by atoms with E-state index in [1.54, 1.807) is 4.90 Å². The smallest absolute Gasteiger partial charge is 0.315 e. The summed E-state index contributed by atoms with van der Waals surface area (Å²) in [5, 5.41) is 6.39. The first-order chi connectivity index (χ1) is 19.8. The van der Waals surface area contributed by atoms with Gasteiger partial charge in [-0.1, -0.05) is 41.1 Å². The second-order valence-electron chi connectivity index (χ2n) is 10.8. The maximum absolute atomic E-state index is 12.1. The summed E-state index contributed by atoms with van der Waals surface area (Å²) in [5.74, 6) is 8.94. The van der Waals surface area contributed by atoms with Crippen LogP contribution in [0.3, 0.4) is 0 Å². The van der Waals surface area contributed by atoms with Crippen LogP contribution >= 0.6 is 35.0 Å². The average Bonchev–Trinajstić information content (AvgIpc) is 3.32. The van der Waals surface area contributed by atoms with Crippen LogP contribution in [0.25, 0.3) is 11.3 Å². The highest BCUT2D eigenvalue weighted by molar-refractivity contribution is 7.99. The fraction of sp³-hybridized carbons (Fsp3) is 0.419. The fourth-order valence-electron chi connectivity index (χ4n) is 5.39. The van der Waals surface area contributed by atoms with E-state index < -0.39 is 6.03 Å². The molecule has 0 atom stereocenters. The van der Waals surface area contributed by atoms with Crippen molar-refractivity contribution in [2.45, 2.75) is 32.5 Å². The lowest BCUT2D eigenvalue weighted by molar-refractivity contribution is 0.201. The lowest BCUT2D eigenvalue weighted by Gasteiger charge is -2.27. The number of fused-ring (bicyclic) bond motifs is 1. The van der Waals surface area contributed by atoms with Gasteiger partial charge in [-0.15, -0.1) is 0 Å². The van der Waals surface area contributed by atoms with E-state index in [2.05, 4.69) is 26.3 Å². The Morgan fingerprint density at radius 1 is 1.05 bits per heavy atom. The molecule has 41 heavy (non-hydrogen) atoms. The van der Waals surface area contributed by atoms with Gasteiger partial charge < -0.3 is 20.4 Å². The highest BCUT2D eigenvalue weighted by Gasteiger charge is 2.27. The number of urea groups is 1. The predicted molar refractivity (Wildman–Crippen MR) is 170 cm³/mol. The van der Waals surface area contributed by atoms with E-state index in [9.17, 15) is 4.79 Å². The summed E-state index contributed by atoms with van der Waals surface area (Å²) < 4.78 is 2.14. The number of thioether (sulfide) groups is 1. The first kappa shape index (κ1) is 29.8. The van der Waals surface area contributed by atoms with Crippen molar-refractivity contribution in [3.8, 4) is 23.1 Å². The van der Waals surface area contributed by atoms with Crippen LogP contribution in [0.4, 0.5) is 4.79 Å². The highest BCUT2D eigenvalue weighted by atomic mass is 35.5. The van der Waals surface area contributed by atoms with Crippen molar-refractivity contribution >= 4 is 41.0 Å². The van der Waals surface area contributed by atoms with Crippen LogP contribution in [0, 0.1) is 11.8 Å². The molecule has 0 radical (unpaired) electrons. The lowest BCUT2D eigenvalue weighted by atomic mass is 9.99. The highest BCUT2D eigenvalue weighted by Crippen LogP contribution is 2.32. The molecule has 216 valence electrons. The Kier molecular flexibility index (Phi) is 9.84. The molecule has 2 amide bonds. The van der Waals surface area contributed by atoms with Crippen molar-refractivity contribution in [1.29, 1.82) is 0 Å². The zero-order chi connectivity index (χ0) is 28.9. The maximum Gasteiger partial charge on any atom is 0.315 e.